The molecule has 12 heteroatoms. The first-order valence-corrected chi connectivity index (χ1v) is 14.7. The Hall–Kier alpha value is -4.26. The van der Waals surface area contributed by atoms with Gasteiger partial charge in [-0.25, -0.2) is 4.98 Å². The van der Waals surface area contributed by atoms with Crippen molar-refractivity contribution >= 4 is 51.2 Å². The summed E-state index contributed by atoms with van der Waals surface area (Å²) in [4.78, 5) is 72.9. The van der Waals surface area contributed by atoms with Crippen LogP contribution in [0.2, 0.25) is 0 Å². The van der Waals surface area contributed by atoms with Crippen molar-refractivity contribution < 1.29 is 34.2 Å². The summed E-state index contributed by atoms with van der Waals surface area (Å²) >= 11 is 1.31. The monoisotopic (exact) mass is 602 g/mol. The van der Waals surface area contributed by atoms with Gasteiger partial charge in [0.25, 0.3) is 0 Å². The van der Waals surface area contributed by atoms with Crippen molar-refractivity contribution in [1.82, 2.24) is 9.88 Å². The van der Waals surface area contributed by atoms with E-state index in [4.69, 9.17) is 5.73 Å². The lowest BCUT2D eigenvalue weighted by Crippen LogP contribution is -2.69. The zero-order chi connectivity index (χ0) is 30.9. The molecule has 0 spiro atoms. The van der Waals surface area contributed by atoms with Gasteiger partial charge in [0, 0.05) is 22.8 Å². The van der Waals surface area contributed by atoms with E-state index in [-0.39, 0.29) is 17.0 Å². The SMILES string of the molecule is C[C@H]1c2ccc(Nc3nc(-c4ccccc4)cs3)c(O)c2C(=O)C2C(=O)C3C(=O)C(C(N)=O)C(=O)[C@@H](N(C)C)C3[C@@H](O)C21. The van der Waals surface area contributed by atoms with E-state index in [1.165, 1.54) is 16.2 Å². The number of nitrogens with one attached hydrogen (secondary N) is 1. The summed E-state index contributed by atoms with van der Waals surface area (Å²) < 4.78 is 0. The van der Waals surface area contributed by atoms with Gasteiger partial charge in [0.15, 0.2) is 34.2 Å². The maximum absolute atomic E-state index is 14.0. The largest absolute Gasteiger partial charge is 0.505 e. The van der Waals surface area contributed by atoms with Gasteiger partial charge in [-0.05, 0) is 31.6 Å². The molecule has 0 radical (unpaired) electrons. The molecular weight excluding hydrogens is 572 g/mol. The number of nitrogens with zero attached hydrogens (tertiary/aromatic N) is 2. The van der Waals surface area contributed by atoms with Crippen LogP contribution in [0.4, 0.5) is 10.8 Å². The number of aliphatic hydroxyl groups excluding tert-OH is 1. The fourth-order valence-corrected chi connectivity index (χ4v) is 8.00. The fraction of sp³-hybridized carbons (Fsp3) is 0.355. The number of carbonyl (C=O) groups is 5. The Balaban J connectivity index is 1.38. The molecule has 6 rings (SSSR count). The zero-order valence-electron chi connectivity index (χ0n) is 23.6. The number of hydrogen-bond donors (Lipinski definition) is 4. The highest BCUT2D eigenvalue weighted by atomic mass is 32.1. The van der Waals surface area contributed by atoms with Crippen molar-refractivity contribution in [3.63, 3.8) is 0 Å². The smallest absolute Gasteiger partial charge is 0.235 e. The first-order valence-electron chi connectivity index (χ1n) is 13.9. The second-order valence-electron chi connectivity index (χ2n) is 11.7. The maximum atomic E-state index is 14.0. The summed E-state index contributed by atoms with van der Waals surface area (Å²) in [5.41, 5.74) is 7.62. The Labute approximate surface area is 250 Å². The number of anilines is 2. The number of carbonyl (C=O) groups excluding carboxylic acids is 5. The van der Waals surface area contributed by atoms with Crippen LogP contribution in [0.3, 0.4) is 0 Å². The minimum Gasteiger partial charge on any atom is -0.505 e. The van der Waals surface area contributed by atoms with Crippen molar-refractivity contribution in [3.8, 4) is 17.0 Å². The summed E-state index contributed by atoms with van der Waals surface area (Å²) in [6, 6.07) is 11.7. The quantitative estimate of drug-likeness (QED) is 0.250. The van der Waals surface area contributed by atoms with Gasteiger partial charge in [0.2, 0.25) is 5.91 Å². The number of nitrogens with two attached hydrogens (primary N) is 1. The van der Waals surface area contributed by atoms with E-state index >= 15 is 0 Å². The molecule has 2 aromatic carbocycles. The number of phenolic OH excluding ortho intramolecular Hbond substituents is 1. The summed E-state index contributed by atoms with van der Waals surface area (Å²) in [7, 11) is 3.11. The van der Waals surface area contributed by atoms with E-state index < -0.39 is 76.7 Å². The highest BCUT2D eigenvalue weighted by Crippen LogP contribution is 2.54. The fourth-order valence-electron chi connectivity index (χ4n) is 7.27. The average molecular weight is 603 g/mol. The third-order valence-corrected chi connectivity index (χ3v) is 9.92. The molecule has 0 bridgehead atoms. The molecule has 1 heterocycles. The number of amides is 1. The summed E-state index contributed by atoms with van der Waals surface area (Å²) in [6.07, 6.45) is -1.40. The summed E-state index contributed by atoms with van der Waals surface area (Å²) in [5.74, 6) is -12.4. The molecular formula is C31H30N4O7S. The third-order valence-electron chi connectivity index (χ3n) is 9.17. The topological polar surface area (TPSA) is 180 Å². The Morgan fingerprint density at radius 1 is 0.977 bits per heavy atom. The second-order valence-corrected chi connectivity index (χ2v) is 12.5. The van der Waals surface area contributed by atoms with Crippen molar-refractivity contribution in [2.24, 2.45) is 35.3 Å². The lowest BCUT2D eigenvalue weighted by Gasteiger charge is -2.52. The summed E-state index contributed by atoms with van der Waals surface area (Å²) in [5, 5.41) is 28.4. The van der Waals surface area contributed by atoms with Gasteiger partial charge in [-0.1, -0.05) is 43.3 Å². The molecule has 11 nitrogen and oxygen atoms in total. The standard InChI is InChI=1S/C31H30N4O7S/c1-12-14-9-10-15(33-31-34-16(11-43-31)13-7-5-4-6-8-13)24(36)18(14)26(38)20-17(12)25(37)19-21(27(20)39)28(40)22(30(32)42)29(41)23(19)35(2)3/h4-12,17,19-23,25,36-37H,1-3H3,(H2,32,42)(H,33,34)/t12-,17?,19?,20?,21?,22?,23-,25-/m0/s1. The normalized spacial score (nSPS) is 30.1. The highest BCUT2D eigenvalue weighted by molar-refractivity contribution is 7.14. The van der Waals surface area contributed by atoms with Crippen LogP contribution in [0, 0.1) is 29.6 Å². The van der Waals surface area contributed by atoms with Crippen LogP contribution in [-0.2, 0) is 19.2 Å². The van der Waals surface area contributed by atoms with Crippen LogP contribution < -0.4 is 11.1 Å². The predicted molar refractivity (Wildman–Crippen MR) is 157 cm³/mol. The molecule has 8 atom stereocenters. The van der Waals surface area contributed by atoms with Gasteiger partial charge >= 0.3 is 0 Å². The first kappa shape index (κ1) is 28.8. The number of rotatable bonds is 5. The minimum atomic E-state index is -1.85. The second kappa shape index (κ2) is 10.5. The molecule has 3 aliphatic carbocycles. The molecule has 43 heavy (non-hydrogen) atoms. The average Bonchev–Trinajstić information content (AvgIpc) is 3.43. The number of aliphatic hydroxyl groups is 1. The zero-order valence-corrected chi connectivity index (χ0v) is 24.4. The van der Waals surface area contributed by atoms with Crippen molar-refractivity contribution in [3.05, 3.63) is 59.0 Å². The number of benzene rings is 2. The van der Waals surface area contributed by atoms with Crippen LogP contribution >= 0.6 is 11.3 Å². The number of Topliss-reactive ketones (excluding diaryl/α,β-unsaturated/α-hetero) is 4. The Morgan fingerprint density at radius 2 is 1.67 bits per heavy atom. The van der Waals surface area contributed by atoms with E-state index in [1.807, 2.05) is 35.7 Å². The Morgan fingerprint density at radius 3 is 2.33 bits per heavy atom. The molecule has 222 valence electrons. The van der Waals surface area contributed by atoms with Gasteiger partial charge in [-0.2, -0.15) is 0 Å². The van der Waals surface area contributed by atoms with Crippen molar-refractivity contribution in [2.45, 2.75) is 25.0 Å². The van der Waals surface area contributed by atoms with Gasteiger partial charge in [-0.15, -0.1) is 11.3 Å². The number of thiazole rings is 1. The van der Waals surface area contributed by atoms with E-state index in [0.717, 1.165) is 11.3 Å². The van der Waals surface area contributed by atoms with Crippen LogP contribution in [0.25, 0.3) is 11.3 Å². The summed E-state index contributed by atoms with van der Waals surface area (Å²) in [6.45, 7) is 1.74. The van der Waals surface area contributed by atoms with Crippen LogP contribution in [-0.4, -0.2) is 75.4 Å². The molecule has 5 unspecified atom stereocenters. The number of ketones is 4. The first-order chi connectivity index (χ1) is 20.4. The molecule has 1 aromatic heterocycles. The van der Waals surface area contributed by atoms with Crippen molar-refractivity contribution in [1.29, 1.82) is 0 Å². The number of fused-ring (bicyclic) bond motifs is 3. The van der Waals surface area contributed by atoms with E-state index in [2.05, 4.69) is 10.3 Å². The number of primary amides is 1. The van der Waals surface area contributed by atoms with E-state index in [0.29, 0.717) is 10.7 Å². The Kier molecular flexibility index (Phi) is 7.03. The maximum Gasteiger partial charge on any atom is 0.235 e. The lowest BCUT2D eigenvalue weighted by molar-refractivity contribution is -0.167. The molecule has 2 saturated carbocycles. The number of hydrogen-bond acceptors (Lipinski definition) is 11. The van der Waals surface area contributed by atoms with E-state index in [1.54, 1.807) is 33.2 Å². The third kappa shape index (κ3) is 4.31. The predicted octanol–water partition coefficient (Wildman–Crippen LogP) is 2.15. The van der Waals surface area contributed by atoms with Gasteiger partial charge in [-0.3, -0.25) is 28.9 Å². The van der Waals surface area contributed by atoms with Gasteiger partial charge < -0.3 is 21.3 Å². The molecule has 2 fully saturated rings. The lowest BCUT2D eigenvalue weighted by atomic mass is 9.51. The van der Waals surface area contributed by atoms with Crippen molar-refractivity contribution in [2.75, 3.05) is 19.4 Å². The molecule has 0 saturated heterocycles. The number of likely N-dealkylation sites (N-methyl/N-ethyl adjacent to an activating group) is 1. The molecule has 5 N–H and O–H groups in total. The number of aromatic hydroxyl groups is 1. The van der Waals surface area contributed by atoms with Crippen LogP contribution in [0.1, 0.15) is 28.8 Å². The van der Waals surface area contributed by atoms with E-state index in [9.17, 15) is 34.2 Å². The minimum absolute atomic E-state index is 0.0764. The molecule has 1 amide bonds. The number of phenols is 1. The number of aromatic nitrogens is 1. The van der Waals surface area contributed by atoms with Crippen LogP contribution in [0.5, 0.6) is 5.75 Å². The van der Waals surface area contributed by atoms with Gasteiger partial charge in [0.05, 0.1) is 40.9 Å². The molecule has 0 aliphatic heterocycles. The van der Waals surface area contributed by atoms with Gasteiger partial charge in [0.1, 0.15) is 5.75 Å². The van der Waals surface area contributed by atoms with Crippen LogP contribution in [0.15, 0.2) is 47.8 Å². The highest BCUT2D eigenvalue weighted by Gasteiger charge is 2.65. The molecule has 3 aliphatic rings. The molecule has 3 aromatic rings. The Bertz CT molecular complexity index is 1690.